The molecule has 0 aliphatic carbocycles. The number of hydrogen-bond acceptors (Lipinski definition) is 5. The van der Waals surface area contributed by atoms with Crippen LogP contribution in [0.25, 0.3) is 0 Å². The Balaban J connectivity index is 2.18. The third kappa shape index (κ3) is 6.55. The van der Waals surface area contributed by atoms with Crippen LogP contribution >= 0.6 is 11.6 Å². The first-order valence-corrected chi connectivity index (χ1v) is 9.42. The van der Waals surface area contributed by atoms with Crippen molar-refractivity contribution in [1.82, 2.24) is 10.2 Å². The number of carbonyl (C=O) groups is 2. The molecule has 0 aliphatic heterocycles. The molecule has 1 unspecified atom stereocenters. The number of nitrogens with zero attached hydrogens (tertiary/aromatic N) is 2. The van der Waals surface area contributed by atoms with Crippen LogP contribution in [0.5, 0.6) is 0 Å². The Labute approximate surface area is 174 Å². The Kier molecular flexibility index (Phi) is 8.11. The first-order chi connectivity index (χ1) is 13.8. The molecule has 154 valence electrons. The van der Waals surface area contributed by atoms with E-state index in [0.29, 0.717) is 25.2 Å². The summed E-state index contributed by atoms with van der Waals surface area (Å²) < 4.78 is 0. The van der Waals surface area contributed by atoms with Gasteiger partial charge < -0.3 is 10.6 Å². The molecule has 0 fully saturated rings. The van der Waals surface area contributed by atoms with Gasteiger partial charge in [0.25, 0.3) is 5.69 Å². The van der Waals surface area contributed by atoms with E-state index in [4.69, 9.17) is 11.6 Å². The Morgan fingerprint density at radius 3 is 2.52 bits per heavy atom. The number of benzene rings is 2. The maximum absolute atomic E-state index is 13.0. The second kappa shape index (κ2) is 10.5. The molecule has 1 atom stereocenters. The minimum atomic E-state index is -0.608. The lowest BCUT2D eigenvalue weighted by Crippen LogP contribution is -2.36. The molecule has 0 aromatic heterocycles. The molecular weight excluding hydrogens is 396 g/mol. The van der Waals surface area contributed by atoms with Crippen LogP contribution in [0.2, 0.25) is 5.02 Å². The van der Waals surface area contributed by atoms with Gasteiger partial charge in [0.1, 0.15) is 11.1 Å². The highest BCUT2D eigenvalue weighted by molar-refractivity contribution is 6.32. The lowest BCUT2D eigenvalue weighted by Gasteiger charge is -2.27. The first-order valence-electron chi connectivity index (χ1n) is 9.04. The predicted octanol–water partition coefficient (Wildman–Crippen LogP) is 3.39. The van der Waals surface area contributed by atoms with Crippen LogP contribution in [0.4, 0.5) is 11.4 Å². The SMILES string of the molecule is CC(=O)NCCCN(C)C(C(=O)Nc1ccc(Cl)c([N+](=O)[O-])c1)c1ccccc1. The van der Waals surface area contributed by atoms with E-state index in [9.17, 15) is 19.7 Å². The second-order valence-electron chi connectivity index (χ2n) is 6.54. The van der Waals surface area contributed by atoms with Crippen molar-refractivity contribution >= 4 is 34.8 Å². The van der Waals surface area contributed by atoms with Crippen LogP contribution < -0.4 is 10.6 Å². The summed E-state index contributed by atoms with van der Waals surface area (Å²) in [6, 6.07) is 12.8. The van der Waals surface area contributed by atoms with E-state index in [1.165, 1.54) is 25.1 Å². The number of amides is 2. The van der Waals surface area contributed by atoms with E-state index in [-0.39, 0.29) is 22.5 Å². The van der Waals surface area contributed by atoms with Gasteiger partial charge in [-0.15, -0.1) is 0 Å². The minimum absolute atomic E-state index is 0.00250. The van der Waals surface area contributed by atoms with E-state index >= 15 is 0 Å². The van der Waals surface area contributed by atoms with Gasteiger partial charge in [0, 0.05) is 31.8 Å². The van der Waals surface area contributed by atoms with Crippen LogP contribution in [-0.4, -0.2) is 41.8 Å². The van der Waals surface area contributed by atoms with Gasteiger partial charge in [0.15, 0.2) is 0 Å². The number of rotatable bonds is 9. The number of nitro benzene ring substituents is 1. The molecule has 2 aromatic carbocycles. The molecule has 0 spiro atoms. The fraction of sp³-hybridized carbons (Fsp3) is 0.300. The van der Waals surface area contributed by atoms with Gasteiger partial charge in [0.05, 0.1) is 4.92 Å². The fourth-order valence-corrected chi connectivity index (χ4v) is 3.09. The molecule has 29 heavy (non-hydrogen) atoms. The average molecular weight is 419 g/mol. The van der Waals surface area contributed by atoms with Gasteiger partial charge in [-0.3, -0.25) is 24.6 Å². The van der Waals surface area contributed by atoms with Crippen LogP contribution in [0.3, 0.4) is 0 Å². The largest absolute Gasteiger partial charge is 0.356 e. The average Bonchev–Trinajstić information content (AvgIpc) is 2.67. The second-order valence-corrected chi connectivity index (χ2v) is 6.95. The van der Waals surface area contributed by atoms with Crippen molar-refractivity contribution in [3.05, 3.63) is 69.2 Å². The van der Waals surface area contributed by atoms with Crippen LogP contribution in [0.15, 0.2) is 48.5 Å². The number of hydrogen-bond donors (Lipinski definition) is 2. The Bertz CT molecular complexity index is 876. The number of likely N-dealkylation sites (N-methyl/N-ethyl adjacent to an activating group) is 1. The molecule has 8 nitrogen and oxygen atoms in total. The Morgan fingerprint density at radius 2 is 1.90 bits per heavy atom. The van der Waals surface area contributed by atoms with E-state index in [0.717, 1.165) is 5.56 Å². The first kappa shape index (κ1) is 22.3. The lowest BCUT2D eigenvalue weighted by atomic mass is 10.0. The highest BCUT2D eigenvalue weighted by Crippen LogP contribution is 2.28. The molecule has 0 heterocycles. The van der Waals surface area contributed by atoms with Crippen molar-refractivity contribution in [1.29, 1.82) is 0 Å². The van der Waals surface area contributed by atoms with Crippen molar-refractivity contribution in [2.75, 3.05) is 25.5 Å². The highest BCUT2D eigenvalue weighted by Gasteiger charge is 2.25. The maximum atomic E-state index is 13.0. The summed E-state index contributed by atoms with van der Waals surface area (Å²) in [5.41, 5.74) is 0.804. The molecular formula is C20H23ClN4O4. The molecule has 0 bridgehead atoms. The van der Waals surface area contributed by atoms with E-state index in [1.807, 2.05) is 42.3 Å². The van der Waals surface area contributed by atoms with Crippen LogP contribution in [0, 0.1) is 10.1 Å². The zero-order valence-electron chi connectivity index (χ0n) is 16.2. The van der Waals surface area contributed by atoms with Gasteiger partial charge in [-0.05, 0) is 31.2 Å². The lowest BCUT2D eigenvalue weighted by molar-refractivity contribution is -0.384. The van der Waals surface area contributed by atoms with Crippen molar-refractivity contribution < 1.29 is 14.5 Å². The number of halogens is 1. The summed E-state index contributed by atoms with van der Waals surface area (Å²) in [7, 11) is 1.81. The molecule has 2 amide bonds. The number of nitrogens with one attached hydrogen (secondary N) is 2. The van der Waals surface area contributed by atoms with Crippen LogP contribution in [0.1, 0.15) is 24.9 Å². The third-order valence-corrected chi connectivity index (χ3v) is 4.60. The van der Waals surface area contributed by atoms with Gasteiger partial charge in [0.2, 0.25) is 11.8 Å². The van der Waals surface area contributed by atoms with Gasteiger partial charge in [-0.1, -0.05) is 41.9 Å². The van der Waals surface area contributed by atoms with E-state index in [1.54, 1.807) is 0 Å². The summed E-state index contributed by atoms with van der Waals surface area (Å²) in [5.74, 6) is -0.427. The normalized spacial score (nSPS) is 11.7. The quantitative estimate of drug-likeness (QED) is 0.369. The van der Waals surface area contributed by atoms with Crippen molar-refractivity contribution in [2.24, 2.45) is 0 Å². The zero-order chi connectivity index (χ0) is 21.4. The summed E-state index contributed by atoms with van der Waals surface area (Å²) >= 11 is 5.84. The summed E-state index contributed by atoms with van der Waals surface area (Å²) in [6.07, 6.45) is 0.666. The number of carbonyl (C=O) groups excluding carboxylic acids is 2. The molecule has 0 saturated heterocycles. The summed E-state index contributed by atoms with van der Waals surface area (Å²) in [6.45, 7) is 2.52. The molecule has 2 rings (SSSR count). The summed E-state index contributed by atoms with van der Waals surface area (Å²) in [4.78, 5) is 36.4. The van der Waals surface area contributed by atoms with Crippen molar-refractivity contribution in [3.8, 4) is 0 Å². The monoisotopic (exact) mass is 418 g/mol. The molecule has 0 aliphatic rings. The molecule has 0 saturated carbocycles. The fourth-order valence-electron chi connectivity index (χ4n) is 2.90. The van der Waals surface area contributed by atoms with E-state index in [2.05, 4.69) is 10.6 Å². The van der Waals surface area contributed by atoms with Gasteiger partial charge in [-0.2, -0.15) is 0 Å². The highest BCUT2D eigenvalue weighted by atomic mass is 35.5. The van der Waals surface area contributed by atoms with E-state index < -0.39 is 11.0 Å². The number of nitro groups is 1. The smallest absolute Gasteiger partial charge is 0.289 e. The maximum Gasteiger partial charge on any atom is 0.289 e. The molecule has 2 N–H and O–H groups in total. The van der Waals surface area contributed by atoms with Gasteiger partial charge >= 0.3 is 0 Å². The minimum Gasteiger partial charge on any atom is -0.356 e. The molecule has 9 heteroatoms. The zero-order valence-corrected chi connectivity index (χ0v) is 17.0. The molecule has 0 radical (unpaired) electrons. The van der Waals surface area contributed by atoms with Gasteiger partial charge in [-0.25, -0.2) is 0 Å². The van der Waals surface area contributed by atoms with Crippen molar-refractivity contribution in [2.45, 2.75) is 19.4 Å². The Morgan fingerprint density at radius 1 is 1.21 bits per heavy atom. The molecule has 2 aromatic rings. The Hall–Kier alpha value is -2.97. The standard InChI is InChI=1S/C20H23ClN4O4/c1-14(26)22-11-6-12-24(2)19(15-7-4-3-5-8-15)20(27)23-16-9-10-17(21)18(13-16)25(28)29/h3-5,7-10,13,19H,6,11-12H2,1-2H3,(H,22,26)(H,23,27). The predicted molar refractivity (Wildman–Crippen MR) is 112 cm³/mol. The van der Waals surface area contributed by atoms with Crippen LogP contribution in [-0.2, 0) is 9.59 Å². The van der Waals surface area contributed by atoms with Crippen molar-refractivity contribution in [3.63, 3.8) is 0 Å². The summed E-state index contributed by atoms with van der Waals surface area (Å²) in [5, 5.41) is 16.6. The number of anilines is 1. The topological polar surface area (TPSA) is 105 Å². The third-order valence-electron chi connectivity index (χ3n) is 4.28.